The highest BCUT2D eigenvalue weighted by molar-refractivity contribution is 6.30. The maximum Gasteiger partial charge on any atom is 0.295 e. The molecule has 3 aromatic carbocycles. The first-order valence-corrected chi connectivity index (χ1v) is 11.9. The number of halogens is 2. The van der Waals surface area contributed by atoms with E-state index >= 15 is 0 Å². The second kappa shape index (κ2) is 10.1. The van der Waals surface area contributed by atoms with E-state index in [1.807, 2.05) is 48.5 Å². The van der Waals surface area contributed by atoms with Gasteiger partial charge in [0.2, 0.25) is 0 Å². The molecule has 0 radical (unpaired) electrons. The lowest BCUT2D eigenvalue weighted by atomic mass is 9.93. The number of methoxy groups -OCH3 is 2. The molecule has 4 aromatic rings. The molecular weight excluding hydrogens is 499 g/mol. The highest BCUT2D eigenvalue weighted by Gasteiger charge is 2.44. The summed E-state index contributed by atoms with van der Waals surface area (Å²) in [6.45, 7) is 0. The number of ether oxygens (including phenoxy) is 2. The van der Waals surface area contributed by atoms with Crippen LogP contribution in [0.5, 0.6) is 11.5 Å². The Bertz CT molecular complexity index is 1400. The molecule has 0 unspecified atom stereocenters. The van der Waals surface area contributed by atoms with Crippen molar-refractivity contribution in [3.63, 3.8) is 0 Å². The van der Waals surface area contributed by atoms with Gasteiger partial charge in [0.1, 0.15) is 23.4 Å². The number of benzene rings is 3. The molecule has 36 heavy (non-hydrogen) atoms. The van der Waals surface area contributed by atoms with E-state index in [9.17, 15) is 4.79 Å². The molecule has 5 rings (SSSR count). The fourth-order valence-electron chi connectivity index (χ4n) is 4.37. The summed E-state index contributed by atoms with van der Waals surface area (Å²) in [6.07, 6.45) is 1.47. The number of rotatable bonds is 6. The van der Waals surface area contributed by atoms with Crippen LogP contribution in [0.1, 0.15) is 39.3 Å². The van der Waals surface area contributed by atoms with Gasteiger partial charge in [0, 0.05) is 16.1 Å². The van der Waals surface area contributed by atoms with Gasteiger partial charge >= 0.3 is 0 Å². The lowest BCUT2D eigenvalue weighted by molar-refractivity contribution is 0.0774. The number of amides is 1. The Hall–Kier alpha value is -3.74. The normalized spacial score (nSPS) is 17.1. The molecule has 0 N–H and O–H groups in total. The summed E-state index contributed by atoms with van der Waals surface area (Å²) >= 11 is 12.4. The molecule has 8 heteroatoms. The van der Waals surface area contributed by atoms with Gasteiger partial charge in [-0.1, -0.05) is 47.5 Å². The Morgan fingerprint density at radius 3 is 2.14 bits per heavy atom. The third kappa shape index (κ3) is 4.45. The number of carbonyl (C=O) groups is 1. The van der Waals surface area contributed by atoms with Crippen LogP contribution in [0.4, 0.5) is 0 Å². The van der Waals surface area contributed by atoms with Crippen molar-refractivity contribution in [2.45, 2.75) is 12.1 Å². The predicted molar refractivity (Wildman–Crippen MR) is 139 cm³/mol. The van der Waals surface area contributed by atoms with Crippen LogP contribution in [-0.2, 0) is 0 Å². The zero-order valence-electron chi connectivity index (χ0n) is 19.5. The van der Waals surface area contributed by atoms with Crippen LogP contribution in [-0.4, -0.2) is 30.9 Å². The summed E-state index contributed by atoms with van der Waals surface area (Å²) in [5, 5.41) is 1.21. The van der Waals surface area contributed by atoms with E-state index in [1.54, 1.807) is 49.5 Å². The molecule has 0 bridgehead atoms. The van der Waals surface area contributed by atoms with Crippen molar-refractivity contribution < 1.29 is 18.7 Å². The molecular formula is C28H22Cl2N2O4. The van der Waals surface area contributed by atoms with E-state index in [0.717, 1.165) is 11.1 Å². The third-order valence-electron chi connectivity index (χ3n) is 6.09. The van der Waals surface area contributed by atoms with Crippen LogP contribution < -0.4 is 9.47 Å². The number of furan rings is 1. The van der Waals surface area contributed by atoms with Crippen molar-refractivity contribution in [2.24, 2.45) is 4.99 Å². The monoisotopic (exact) mass is 520 g/mol. The lowest BCUT2D eigenvalue weighted by Gasteiger charge is -2.29. The number of hydrogen-bond donors (Lipinski definition) is 0. The third-order valence-corrected chi connectivity index (χ3v) is 6.59. The van der Waals surface area contributed by atoms with Crippen molar-refractivity contribution in [1.82, 2.24) is 4.90 Å². The first-order chi connectivity index (χ1) is 17.5. The molecule has 6 nitrogen and oxygen atoms in total. The van der Waals surface area contributed by atoms with Gasteiger partial charge in [-0.3, -0.25) is 14.7 Å². The largest absolute Gasteiger partial charge is 0.497 e. The highest BCUT2D eigenvalue weighted by Crippen LogP contribution is 2.45. The zero-order valence-corrected chi connectivity index (χ0v) is 21.0. The lowest BCUT2D eigenvalue weighted by Crippen LogP contribution is -2.37. The van der Waals surface area contributed by atoms with E-state index in [-0.39, 0.29) is 11.7 Å². The average Bonchev–Trinajstić information content (AvgIpc) is 3.58. The Balaban J connectivity index is 1.73. The standard InChI is InChI=1S/C28H22Cl2N2O4/c1-34-21-13-14-22(24(16-21)35-2)27-31-25(17-5-9-19(29)10-6-17)26(18-7-11-20(30)12-8-18)32(27)28(33)23-4-3-15-36-23/h3-16,25-26H,1-2H3/t25-,26+/m1/s1. The topological polar surface area (TPSA) is 64.3 Å². The molecule has 1 amide bonds. The molecule has 1 aromatic heterocycles. The number of carbonyl (C=O) groups excluding carboxylic acids is 1. The minimum absolute atomic E-state index is 0.200. The van der Waals surface area contributed by atoms with Gasteiger partial charge < -0.3 is 13.9 Å². The molecule has 0 aliphatic carbocycles. The molecule has 182 valence electrons. The second-order valence-electron chi connectivity index (χ2n) is 8.16. The Kier molecular flexibility index (Phi) is 6.72. The van der Waals surface area contributed by atoms with Gasteiger partial charge in [-0.2, -0.15) is 0 Å². The summed E-state index contributed by atoms with van der Waals surface area (Å²) in [7, 11) is 3.15. The first-order valence-electron chi connectivity index (χ1n) is 11.2. The van der Waals surface area contributed by atoms with E-state index in [0.29, 0.717) is 32.9 Å². The van der Waals surface area contributed by atoms with Crippen LogP contribution >= 0.6 is 23.2 Å². The van der Waals surface area contributed by atoms with Crippen molar-refractivity contribution in [3.05, 3.63) is 118 Å². The maximum atomic E-state index is 13.9. The van der Waals surface area contributed by atoms with Crippen LogP contribution in [0.15, 0.2) is 94.5 Å². The molecule has 2 atom stereocenters. The Morgan fingerprint density at radius 1 is 0.889 bits per heavy atom. The molecule has 1 aliphatic heterocycles. The van der Waals surface area contributed by atoms with Gasteiger partial charge in [-0.05, 0) is 59.7 Å². The molecule has 0 saturated carbocycles. The van der Waals surface area contributed by atoms with Crippen LogP contribution in [0.2, 0.25) is 10.0 Å². The van der Waals surface area contributed by atoms with Crippen LogP contribution in [0, 0.1) is 0 Å². The second-order valence-corrected chi connectivity index (χ2v) is 9.04. The highest BCUT2D eigenvalue weighted by atomic mass is 35.5. The number of hydrogen-bond acceptors (Lipinski definition) is 5. The first kappa shape index (κ1) is 24.0. The average molecular weight is 521 g/mol. The summed E-state index contributed by atoms with van der Waals surface area (Å²) in [5.74, 6) is 1.48. The number of aliphatic imine (C=N–C) groups is 1. The Morgan fingerprint density at radius 2 is 1.56 bits per heavy atom. The smallest absolute Gasteiger partial charge is 0.295 e. The number of amidine groups is 1. The van der Waals surface area contributed by atoms with Crippen molar-refractivity contribution in [3.8, 4) is 11.5 Å². The summed E-state index contributed by atoms with van der Waals surface area (Å²) in [6, 6.07) is 22.7. The van der Waals surface area contributed by atoms with E-state index in [4.69, 9.17) is 42.1 Å². The summed E-state index contributed by atoms with van der Waals surface area (Å²) in [4.78, 5) is 20.7. The Labute approximate surface area is 218 Å². The van der Waals surface area contributed by atoms with Crippen molar-refractivity contribution >= 4 is 34.9 Å². The van der Waals surface area contributed by atoms with Crippen molar-refractivity contribution in [2.75, 3.05) is 14.2 Å². The van der Waals surface area contributed by atoms with Gasteiger partial charge in [-0.15, -0.1) is 0 Å². The molecule has 0 fully saturated rings. The predicted octanol–water partition coefficient (Wildman–Crippen LogP) is 6.99. The van der Waals surface area contributed by atoms with E-state index in [2.05, 4.69) is 0 Å². The van der Waals surface area contributed by atoms with Gasteiger partial charge in [0.05, 0.1) is 32.1 Å². The quantitative estimate of drug-likeness (QED) is 0.274. The number of nitrogens with zero attached hydrogens (tertiary/aromatic N) is 2. The van der Waals surface area contributed by atoms with Gasteiger partial charge in [0.15, 0.2) is 5.76 Å². The van der Waals surface area contributed by atoms with E-state index in [1.165, 1.54) is 6.26 Å². The van der Waals surface area contributed by atoms with Gasteiger partial charge in [-0.25, -0.2) is 0 Å². The van der Waals surface area contributed by atoms with Crippen molar-refractivity contribution in [1.29, 1.82) is 0 Å². The van der Waals surface area contributed by atoms with Crippen LogP contribution in [0.25, 0.3) is 0 Å². The fraction of sp³-hybridized carbons (Fsp3) is 0.143. The maximum absolute atomic E-state index is 13.9. The minimum atomic E-state index is -0.483. The van der Waals surface area contributed by atoms with Crippen LogP contribution in [0.3, 0.4) is 0 Å². The molecule has 0 spiro atoms. The zero-order chi connectivity index (χ0) is 25.2. The SMILES string of the molecule is COc1ccc(C2=N[C@H](c3ccc(Cl)cc3)[C@H](c3ccc(Cl)cc3)N2C(=O)c2ccco2)c(OC)c1. The molecule has 1 aliphatic rings. The molecule has 0 saturated heterocycles. The minimum Gasteiger partial charge on any atom is -0.497 e. The summed E-state index contributed by atoms with van der Waals surface area (Å²) < 4.78 is 16.6. The van der Waals surface area contributed by atoms with Gasteiger partial charge in [0.25, 0.3) is 5.91 Å². The van der Waals surface area contributed by atoms with E-state index < -0.39 is 12.1 Å². The molecule has 2 heterocycles. The fourth-order valence-corrected chi connectivity index (χ4v) is 4.62. The summed E-state index contributed by atoms with van der Waals surface area (Å²) in [5.41, 5.74) is 2.41.